The van der Waals surface area contributed by atoms with Gasteiger partial charge in [0.25, 0.3) is 0 Å². The largest absolute Gasteiger partial charge is 0.481 e. The Morgan fingerprint density at radius 2 is 2.39 bits per heavy atom. The van der Waals surface area contributed by atoms with Gasteiger partial charge in [-0.1, -0.05) is 25.6 Å². The highest BCUT2D eigenvalue weighted by Crippen LogP contribution is 2.51. The van der Waals surface area contributed by atoms with E-state index in [-0.39, 0.29) is 23.3 Å². The number of methoxy groups -OCH3 is 1. The molecule has 7 nitrogen and oxygen atoms in total. The van der Waals surface area contributed by atoms with Gasteiger partial charge in [0, 0.05) is 12.5 Å². The van der Waals surface area contributed by atoms with Gasteiger partial charge in [-0.3, -0.25) is 4.79 Å². The van der Waals surface area contributed by atoms with E-state index in [1.807, 2.05) is 0 Å². The molecule has 2 atom stereocenters. The van der Waals surface area contributed by atoms with E-state index >= 15 is 0 Å². The summed E-state index contributed by atoms with van der Waals surface area (Å²) in [4.78, 5) is 10.6. The highest BCUT2D eigenvalue weighted by molar-refractivity contribution is 7.99. The van der Waals surface area contributed by atoms with Crippen molar-refractivity contribution in [2.75, 3.05) is 12.9 Å². The summed E-state index contributed by atoms with van der Waals surface area (Å²) < 4.78 is 7.10. The summed E-state index contributed by atoms with van der Waals surface area (Å²) >= 11 is 1.14. The van der Waals surface area contributed by atoms with Gasteiger partial charge in [-0.15, -0.1) is 5.10 Å². The Balaban J connectivity index is 2.11. The van der Waals surface area contributed by atoms with E-state index < -0.39 is 5.97 Å². The van der Waals surface area contributed by atoms with Crippen LogP contribution >= 0.6 is 11.8 Å². The van der Waals surface area contributed by atoms with Crippen molar-refractivity contribution in [3.63, 3.8) is 0 Å². The molecule has 18 heavy (non-hydrogen) atoms. The van der Waals surface area contributed by atoms with Gasteiger partial charge < -0.3 is 9.84 Å². The maximum Gasteiger partial charge on any atom is 0.313 e. The van der Waals surface area contributed by atoms with Gasteiger partial charge in [-0.05, 0) is 16.8 Å². The molecule has 1 aliphatic carbocycles. The second-order valence-corrected chi connectivity index (χ2v) is 5.83. The number of rotatable bonds is 5. The van der Waals surface area contributed by atoms with Gasteiger partial charge in [0.2, 0.25) is 5.16 Å². The molecule has 0 amide bonds. The average molecular weight is 272 g/mol. The number of aliphatic carboxylic acids is 1. The van der Waals surface area contributed by atoms with Crippen molar-refractivity contribution in [3.05, 3.63) is 0 Å². The topological polar surface area (TPSA) is 90.1 Å². The fourth-order valence-electron chi connectivity index (χ4n) is 2.28. The molecule has 1 aromatic heterocycles. The SMILES string of the molecule is COC1CC(n2nnnc2SCC(=O)O)C1(C)C. The van der Waals surface area contributed by atoms with Crippen LogP contribution in [-0.2, 0) is 9.53 Å². The van der Waals surface area contributed by atoms with Gasteiger partial charge >= 0.3 is 5.97 Å². The highest BCUT2D eigenvalue weighted by Gasteiger charge is 2.51. The lowest BCUT2D eigenvalue weighted by Crippen LogP contribution is -2.51. The van der Waals surface area contributed by atoms with Crippen LogP contribution in [-0.4, -0.2) is 50.2 Å². The summed E-state index contributed by atoms with van der Waals surface area (Å²) in [5.74, 6) is -0.918. The third-order valence-corrected chi connectivity index (χ3v) is 4.41. The predicted molar refractivity (Wildman–Crippen MR) is 64.4 cm³/mol. The number of nitrogens with zero attached hydrogens (tertiary/aromatic N) is 4. The maximum absolute atomic E-state index is 10.6. The quantitative estimate of drug-likeness (QED) is 0.794. The van der Waals surface area contributed by atoms with E-state index in [1.54, 1.807) is 11.8 Å². The van der Waals surface area contributed by atoms with Crippen LogP contribution in [0.15, 0.2) is 5.16 Å². The molecular weight excluding hydrogens is 256 g/mol. The Labute approximate surface area is 109 Å². The molecule has 0 aromatic carbocycles. The molecule has 1 aliphatic rings. The summed E-state index contributed by atoms with van der Waals surface area (Å²) in [6, 6.07) is 0.147. The molecular formula is C10H16N4O3S. The van der Waals surface area contributed by atoms with Gasteiger partial charge in [-0.25, -0.2) is 4.68 Å². The molecule has 1 fully saturated rings. The number of thioether (sulfide) groups is 1. The standard InChI is InChI=1S/C10H16N4O3S/c1-10(2)6(4-7(10)17-3)14-9(11-12-13-14)18-5-8(15)16/h6-7H,4-5H2,1-3H3,(H,15,16). The third-order valence-electron chi connectivity index (χ3n) is 3.49. The molecule has 0 aliphatic heterocycles. The van der Waals surface area contributed by atoms with Gasteiger partial charge in [0.15, 0.2) is 0 Å². The Kier molecular flexibility index (Phi) is 3.58. The summed E-state index contributed by atoms with van der Waals surface area (Å²) in [5.41, 5.74) is -0.0529. The summed E-state index contributed by atoms with van der Waals surface area (Å²) in [5, 5.41) is 20.7. The van der Waals surface area contributed by atoms with Crippen LogP contribution in [0.5, 0.6) is 0 Å². The van der Waals surface area contributed by atoms with Crippen LogP contribution in [0.1, 0.15) is 26.3 Å². The first-order valence-electron chi connectivity index (χ1n) is 5.62. The van der Waals surface area contributed by atoms with Crippen molar-refractivity contribution in [1.29, 1.82) is 0 Å². The number of tetrazole rings is 1. The zero-order valence-corrected chi connectivity index (χ0v) is 11.3. The molecule has 0 radical (unpaired) electrons. The normalized spacial score (nSPS) is 25.7. The molecule has 2 unspecified atom stereocenters. The zero-order chi connectivity index (χ0) is 13.3. The second kappa shape index (κ2) is 4.85. The van der Waals surface area contributed by atoms with Crippen molar-refractivity contribution in [1.82, 2.24) is 20.2 Å². The fraction of sp³-hybridized carbons (Fsp3) is 0.800. The van der Waals surface area contributed by atoms with Gasteiger partial charge in [-0.2, -0.15) is 0 Å². The Morgan fingerprint density at radius 3 is 2.94 bits per heavy atom. The van der Waals surface area contributed by atoms with Gasteiger partial charge in [0.05, 0.1) is 17.9 Å². The Morgan fingerprint density at radius 1 is 1.67 bits per heavy atom. The molecule has 1 saturated carbocycles. The van der Waals surface area contributed by atoms with E-state index in [0.29, 0.717) is 5.16 Å². The summed E-state index contributed by atoms with van der Waals surface area (Å²) in [6.07, 6.45) is 1.03. The molecule has 0 spiro atoms. The third kappa shape index (κ3) is 2.22. The van der Waals surface area contributed by atoms with E-state index in [1.165, 1.54) is 0 Å². The number of carboxylic acid groups (broad SMARTS) is 1. The first kappa shape index (κ1) is 13.3. The molecule has 1 N–H and O–H groups in total. The monoisotopic (exact) mass is 272 g/mol. The van der Waals surface area contributed by atoms with E-state index in [4.69, 9.17) is 9.84 Å². The maximum atomic E-state index is 10.6. The predicted octanol–water partition coefficient (Wildman–Crippen LogP) is 0.836. The summed E-state index contributed by atoms with van der Waals surface area (Å²) in [6.45, 7) is 4.20. The molecule has 0 saturated heterocycles. The van der Waals surface area contributed by atoms with Crippen molar-refractivity contribution < 1.29 is 14.6 Å². The lowest BCUT2D eigenvalue weighted by atomic mass is 9.64. The number of hydrogen-bond acceptors (Lipinski definition) is 6. The average Bonchev–Trinajstić information content (AvgIpc) is 2.73. The van der Waals surface area contributed by atoms with E-state index in [9.17, 15) is 4.79 Å². The van der Waals surface area contributed by atoms with Crippen molar-refractivity contribution in [2.24, 2.45) is 5.41 Å². The van der Waals surface area contributed by atoms with Crippen LogP contribution in [0.4, 0.5) is 0 Å². The van der Waals surface area contributed by atoms with Crippen LogP contribution < -0.4 is 0 Å². The number of hydrogen-bond donors (Lipinski definition) is 1. The van der Waals surface area contributed by atoms with Crippen molar-refractivity contribution in [3.8, 4) is 0 Å². The minimum absolute atomic E-state index is 0.0404. The number of carbonyl (C=O) groups is 1. The minimum atomic E-state index is -0.878. The zero-order valence-electron chi connectivity index (χ0n) is 10.5. The number of ether oxygens (including phenoxy) is 1. The minimum Gasteiger partial charge on any atom is -0.481 e. The van der Waals surface area contributed by atoms with Crippen LogP contribution in [0.2, 0.25) is 0 Å². The Bertz CT molecular complexity index is 448. The van der Waals surface area contributed by atoms with E-state index in [2.05, 4.69) is 29.4 Å². The lowest BCUT2D eigenvalue weighted by molar-refractivity contribution is -0.133. The fourth-order valence-corrected chi connectivity index (χ4v) is 2.92. The Hall–Kier alpha value is -1.15. The number of carboxylic acids is 1. The van der Waals surface area contributed by atoms with Gasteiger partial charge in [0.1, 0.15) is 0 Å². The first-order chi connectivity index (χ1) is 8.46. The van der Waals surface area contributed by atoms with Crippen molar-refractivity contribution >= 4 is 17.7 Å². The second-order valence-electron chi connectivity index (χ2n) is 4.89. The highest BCUT2D eigenvalue weighted by atomic mass is 32.2. The first-order valence-corrected chi connectivity index (χ1v) is 6.60. The van der Waals surface area contributed by atoms with E-state index in [0.717, 1.165) is 18.2 Å². The molecule has 0 bridgehead atoms. The van der Waals surface area contributed by atoms with Crippen LogP contribution in [0.25, 0.3) is 0 Å². The molecule has 1 aromatic rings. The van der Waals surface area contributed by atoms with Crippen molar-refractivity contribution in [2.45, 2.75) is 37.6 Å². The van der Waals surface area contributed by atoms with Crippen LogP contribution in [0, 0.1) is 5.41 Å². The molecule has 100 valence electrons. The smallest absolute Gasteiger partial charge is 0.313 e. The molecule has 8 heteroatoms. The van der Waals surface area contributed by atoms with Crippen LogP contribution in [0.3, 0.4) is 0 Å². The molecule has 1 heterocycles. The lowest BCUT2D eigenvalue weighted by Gasteiger charge is -2.50. The molecule has 2 rings (SSSR count). The number of aromatic nitrogens is 4. The summed E-state index contributed by atoms with van der Waals surface area (Å²) in [7, 11) is 1.70.